The summed E-state index contributed by atoms with van der Waals surface area (Å²) in [7, 11) is 0. The van der Waals surface area contributed by atoms with Gasteiger partial charge in [0.05, 0.1) is 0 Å². The molecule has 0 saturated heterocycles. The van der Waals surface area contributed by atoms with Gasteiger partial charge in [0.2, 0.25) is 0 Å². The van der Waals surface area contributed by atoms with E-state index in [1.165, 1.54) is 5.92 Å². The highest BCUT2D eigenvalue weighted by molar-refractivity contribution is 5.21. The summed E-state index contributed by atoms with van der Waals surface area (Å²) in [5, 5.41) is 0. The minimum absolute atomic E-state index is 0.553. The first-order chi connectivity index (χ1) is 4.45. The first kappa shape index (κ1) is 9.35. The fourth-order valence-electron chi connectivity index (χ4n) is 0.266. The lowest BCUT2D eigenvalue weighted by atomic mass is 10.1. The first-order valence-electron chi connectivity index (χ1n) is 2.88. The van der Waals surface area contributed by atoms with E-state index >= 15 is 0 Å². The predicted molar refractivity (Wildman–Crippen MR) is 33.0 cm³/mol. The van der Waals surface area contributed by atoms with Crippen molar-refractivity contribution in [3.05, 3.63) is 5.92 Å². The van der Waals surface area contributed by atoms with E-state index in [1.54, 1.807) is 13.8 Å². The van der Waals surface area contributed by atoms with E-state index in [2.05, 4.69) is 0 Å². The van der Waals surface area contributed by atoms with Gasteiger partial charge in [-0.1, -0.05) is 12.8 Å². The summed E-state index contributed by atoms with van der Waals surface area (Å²) in [6.45, 7) is 3.35. The van der Waals surface area contributed by atoms with Crippen LogP contribution in [0.3, 0.4) is 0 Å². The zero-order valence-electron chi connectivity index (χ0n) is 5.84. The van der Waals surface area contributed by atoms with Crippen LogP contribution in [0.15, 0.2) is 0 Å². The molecular formula is C7H8F3. The van der Waals surface area contributed by atoms with Gasteiger partial charge in [-0.25, -0.2) is 0 Å². The normalized spacial score (nSPS) is 11.0. The standard InChI is InChI=1S/C7H8F3/c1-3-6(2)4-5-7(8,9)10/h3H2,1-2H3. The van der Waals surface area contributed by atoms with Gasteiger partial charge in [-0.2, -0.15) is 13.2 Å². The Morgan fingerprint density at radius 1 is 1.40 bits per heavy atom. The molecule has 0 aliphatic carbocycles. The minimum Gasteiger partial charge on any atom is -0.159 e. The van der Waals surface area contributed by atoms with Crippen molar-refractivity contribution >= 4 is 0 Å². The maximum atomic E-state index is 11.4. The highest BCUT2D eigenvalue weighted by Gasteiger charge is 2.22. The van der Waals surface area contributed by atoms with Crippen LogP contribution in [-0.2, 0) is 0 Å². The van der Waals surface area contributed by atoms with Gasteiger partial charge in [0.15, 0.2) is 0 Å². The largest absolute Gasteiger partial charge is 0.457 e. The average Bonchev–Trinajstić information content (AvgIpc) is 1.81. The maximum absolute atomic E-state index is 11.4. The van der Waals surface area contributed by atoms with Gasteiger partial charge < -0.3 is 0 Å². The molecule has 0 aliphatic heterocycles. The fraction of sp³-hybridized carbons (Fsp3) is 0.571. The van der Waals surface area contributed by atoms with E-state index in [0.717, 1.165) is 0 Å². The smallest absolute Gasteiger partial charge is 0.159 e. The summed E-state index contributed by atoms with van der Waals surface area (Å²) < 4.78 is 34.1. The molecule has 3 heteroatoms. The van der Waals surface area contributed by atoms with Gasteiger partial charge in [0.1, 0.15) is 0 Å². The van der Waals surface area contributed by atoms with E-state index in [4.69, 9.17) is 0 Å². The Morgan fingerprint density at radius 2 is 1.90 bits per heavy atom. The lowest BCUT2D eigenvalue weighted by molar-refractivity contribution is -0.0697. The Balaban J connectivity index is 3.91. The van der Waals surface area contributed by atoms with Crippen LogP contribution in [0.2, 0.25) is 0 Å². The number of hydrogen-bond acceptors (Lipinski definition) is 0. The molecule has 0 amide bonds. The fourth-order valence-corrected chi connectivity index (χ4v) is 0.266. The van der Waals surface area contributed by atoms with Crippen LogP contribution in [0.25, 0.3) is 0 Å². The Kier molecular flexibility index (Phi) is 3.27. The van der Waals surface area contributed by atoms with Crippen molar-refractivity contribution in [1.82, 2.24) is 0 Å². The second-order valence-corrected chi connectivity index (χ2v) is 1.88. The predicted octanol–water partition coefficient (Wildman–Crippen LogP) is 2.56. The first-order valence-corrected chi connectivity index (χ1v) is 2.88. The second kappa shape index (κ2) is 3.50. The Hall–Kier alpha value is -0.650. The average molecular weight is 149 g/mol. The summed E-state index contributed by atoms with van der Waals surface area (Å²) in [5.41, 5.74) is 0. The molecular weight excluding hydrogens is 141 g/mol. The van der Waals surface area contributed by atoms with E-state index < -0.39 is 6.18 Å². The zero-order valence-corrected chi connectivity index (χ0v) is 5.84. The van der Waals surface area contributed by atoms with Crippen LogP contribution >= 0.6 is 0 Å². The minimum atomic E-state index is -4.35. The van der Waals surface area contributed by atoms with Crippen molar-refractivity contribution in [2.24, 2.45) is 0 Å². The Morgan fingerprint density at radius 3 is 2.20 bits per heavy atom. The van der Waals surface area contributed by atoms with Crippen LogP contribution in [0, 0.1) is 17.8 Å². The quantitative estimate of drug-likeness (QED) is 0.502. The van der Waals surface area contributed by atoms with Crippen molar-refractivity contribution in [2.75, 3.05) is 0 Å². The monoisotopic (exact) mass is 149 g/mol. The summed E-state index contributed by atoms with van der Waals surface area (Å²) in [6, 6.07) is 0. The van der Waals surface area contributed by atoms with E-state index in [1.807, 2.05) is 5.92 Å². The third kappa shape index (κ3) is 5.49. The molecule has 0 unspecified atom stereocenters. The zero-order chi connectivity index (χ0) is 8.20. The van der Waals surface area contributed by atoms with Gasteiger partial charge in [0, 0.05) is 11.8 Å². The molecule has 0 aromatic carbocycles. The summed E-state index contributed by atoms with van der Waals surface area (Å²) in [6.07, 6.45) is -3.78. The third-order valence-corrected chi connectivity index (χ3v) is 0.948. The van der Waals surface area contributed by atoms with E-state index in [-0.39, 0.29) is 0 Å². The molecule has 0 heterocycles. The van der Waals surface area contributed by atoms with Crippen LogP contribution in [0.5, 0.6) is 0 Å². The summed E-state index contributed by atoms with van der Waals surface area (Å²) in [5.74, 6) is 3.75. The van der Waals surface area contributed by atoms with Gasteiger partial charge in [0.25, 0.3) is 0 Å². The molecule has 0 fully saturated rings. The van der Waals surface area contributed by atoms with E-state index in [9.17, 15) is 13.2 Å². The molecule has 0 N–H and O–H groups in total. The second-order valence-electron chi connectivity index (χ2n) is 1.88. The van der Waals surface area contributed by atoms with E-state index in [0.29, 0.717) is 12.3 Å². The van der Waals surface area contributed by atoms with Gasteiger partial charge in [-0.05, 0) is 13.3 Å². The van der Waals surface area contributed by atoms with Crippen molar-refractivity contribution < 1.29 is 13.2 Å². The lowest BCUT2D eigenvalue weighted by Crippen LogP contribution is -2.02. The summed E-state index contributed by atoms with van der Waals surface area (Å²) >= 11 is 0. The Bertz CT molecular complexity index is 146. The molecule has 0 nitrogen and oxygen atoms in total. The van der Waals surface area contributed by atoms with Gasteiger partial charge in [-0.15, -0.1) is 0 Å². The number of alkyl halides is 3. The highest BCUT2D eigenvalue weighted by Crippen LogP contribution is 2.13. The Labute approximate surface area is 58.4 Å². The SMILES string of the molecule is CC[C](C)C#CC(F)(F)F. The third-order valence-electron chi connectivity index (χ3n) is 0.948. The number of halogens is 3. The molecule has 57 valence electrons. The van der Waals surface area contributed by atoms with Crippen LogP contribution in [0.4, 0.5) is 13.2 Å². The number of rotatable bonds is 1. The lowest BCUT2D eigenvalue weighted by Gasteiger charge is -1.95. The molecule has 0 spiro atoms. The van der Waals surface area contributed by atoms with Crippen molar-refractivity contribution in [1.29, 1.82) is 0 Å². The van der Waals surface area contributed by atoms with Crippen LogP contribution in [0.1, 0.15) is 20.3 Å². The van der Waals surface area contributed by atoms with Crippen molar-refractivity contribution in [3.8, 4) is 11.8 Å². The van der Waals surface area contributed by atoms with Crippen LogP contribution < -0.4 is 0 Å². The van der Waals surface area contributed by atoms with Crippen LogP contribution in [-0.4, -0.2) is 6.18 Å². The topological polar surface area (TPSA) is 0 Å². The molecule has 0 aromatic heterocycles. The van der Waals surface area contributed by atoms with Gasteiger partial charge in [-0.3, -0.25) is 0 Å². The number of hydrogen-bond donors (Lipinski definition) is 0. The molecule has 0 aliphatic rings. The molecule has 0 aromatic rings. The molecule has 10 heavy (non-hydrogen) atoms. The molecule has 0 rings (SSSR count). The highest BCUT2D eigenvalue weighted by atomic mass is 19.4. The molecule has 0 bridgehead atoms. The maximum Gasteiger partial charge on any atom is 0.457 e. The molecule has 0 saturated carbocycles. The van der Waals surface area contributed by atoms with Crippen molar-refractivity contribution in [2.45, 2.75) is 26.4 Å². The van der Waals surface area contributed by atoms with Crippen molar-refractivity contribution in [3.63, 3.8) is 0 Å². The molecule has 1 radical (unpaired) electrons. The molecule has 0 atom stereocenters. The van der Waals surface area contributed by atoms with Gasteiger partial charge >= 0.3 is 6.18 Å². The summed E-state index contributed by atoms with van der Waals surface area (Å²) in [4.78, 5) is 0.